The first-order chi connectivity index (χ1) is 27.9. The zero-order valence-electron chi connectivity index (χ0n) is 29.2. The molecule has 0 aliphatic heterocycles. The van der Waals surface area contributed by atoms with Gasteiger partial charge in [-0.1, -0.05) is 10.1 Å². The zero-order chi connectivity index (χ0) is 43.4. The van der Waals surface area contributed by atoms with E-state index < -0.39 is 48.7 Å². The van der Waals surface area contributed by atoms with Gasteiger partial charge in [0.2, 0.25) is 0 Å². The zero-order valence-corrected chi connectivity index (χ0v) is 34.1. The van der Waals surface area contributed by atoms with Crippen LogP contribution < -0.4 is 15.2 Å². The third kappa shape index (κ3) is 13.5. The Morgan fingerprint density at radius 3 is 2.03 bits per heavy atom. The van der Waals surface area contributed by atoms with Gasteiger partial charge in [0, 0.05) is 28.2 Å². The number of sulfone groups is 1. The van der Waals surface area contributed by atoms with Crippen molar-refractivity contribution in [2.75, 3.05) is 32.3 Å². The number of thioether (sulfide) groups is 1. The number of nitrogen functional groups attached to an aromatic ring is 1. The number of phenols is 1. The van der Waals surface area contributed by atoms with E-state index >= 15 is 0 Å². The maximum atomic E-state index is 12.8. The summed E-state index contributed by atoms with van der Waals surface area (Å²) < 4.78 is 113. The Morgan fingerprint density at radius 1 is 0.729 bits per heavy atom. The average Bonchev–Trinajstić information content (AvgIpc) is 3.17. The molecule has 0 saturated carbocycles. The third-order valence-corrected chi connectivity index (χ3v) is 11.1. The molecule has 0 unspecified atom stereocenters. The quantitative estimate of drug-likeness (QED) is 0.00840. The number of ether oxygens (including phenoxy) is 2. The molecule has 0 spiro atoms. The van der Waals surface area contributed by atoms with Crippen molar-refractivity contribution in [2.24, 2.45) is 20.5 Å². The predicted octanol–water partition coefficient (Wildman–Crippen LogP) is 6.19. The normalized spacial score (nSPS) is 12.2. The van der Waals surface area contributed by atoms with Crippen LogP contribution in [0.15, 0.2) is 88.6 Å². The maximum Gasteiger partial charge on any atom is 0.433 e. The molecule has 0 bridgehead atoms. The Kier molecular flexibility index (Phi) is 16.8. The van der Waals surface area contributed by atoms with Crippen LogP contribution in [0.25, 0.3) is 10.8 Å². The lowest BCUT2D eigenvalue weighted by molar-refractivity contribution is -0.432. The molecular weight excluding hydrogens is 919 g/mol. The van der Waals surface area contributed by atoms with Crippen molar-refractivity contribution < 1.29 is 91.6 Å². The Balaban J connectivity index is 1.75. The van der Waals surface area contributed by atoms with Crippen LogP contribution in [0.4, 0.5) is 28.4 Å². The number of anilines is 1. The Labute approximate surface area is 345 Å². The van der Waals surface area contributed by atoms with Crippen LogP contribution in [-0.2, 0) is 62.8 Å². The standard InChI is InChI=1S/C28H25N5O20S6/c1-45-21-14-24(54-9-7-47-53-59(42,43)44)22(46-2)13-20(21)31-33-27-25(56-52-50-36)12-17-16(28(27)34)4-5-18(29)26(17)32-30-19-6-3-15(11-23(19)55-51-49-35)57(37,38)10-8-48-58(39,40)41/h3-6,11-14,34-36H,8,10,29H2,1-2H3,(H,39,40,41)(H,42,43,44). The summed E-state index contributed by atoms with van der Waals surface area (Å²) in [6, 6.07) is 10.2. The molecule has 0 aliphatic carbocycles. The molecule has 0 heterocycles. The van der Waals surface area contributed by atoms with E-state index in [2.05, 4.69) is 57.9 Å². The number of nitrogens with zero attached hydrogens (tertiary/aromatic N) is 4. The highest BCUT2D eigenvalue weighted by atomic mass is 32.3. The molecule has 0 amide bonds. The van der Waals surface area contributed by atoms with Gasteiger partial charge in [0.05, 0.1) is 75.9 Å². The summed E-state index contributed by atoms with van der Waals surface area (Å²) in [6.45, 7) is -0.903. The van der Waals surface area contributed by atoms with E-state index in [-0.39, 0.29) is 65.4 Å². The lowest BCUT2D eigenvalue weighted by Crippen LogP contribution is -2.15. The molecule has 4 aromatic rings. The molecule has 0 aliphatic rings. The minimum atomic E-state index is -4.91. The maximum absolute atomic E-state index is 12.8. The molecule has 318 valence electrons. The topological polar surface area (TPSA) is 362 Å². The number of hydrogen-bond acceptors (Lipinski definition) is 26. The van der Waals surface area contributed by atoms with E-state index in [4.69, 9.17) is 34.8 Å². The number of rotatable bonds is 20. The van der Waals surface area contributed by atoms with Gasteiger partial charge in [0.15, 0.2) is 21.7 Å². The molecule has 25 nitrogen and oxygen atoms in total. The van der Waals surface area contributed by atoms with E-state index in [0.717, 1.165) is 23.9 Å². The minimum Gasteiger partial charge on any atom is -0.505 e. The van der Waals surface area contributed by atoms with E-state index in [1.807, 2.05) is 6.11 Å². The predicted molar refractivity (Wildman–Crippen MR) is 203 cm³/mol. The molecule has 59 heavy (non-hydrogen) atoms. The molecule has 0 fully saturated rings. The van der Waals surface area contributed by atoms with Crippen molar-refractivity contribution in [1.29, 1.82) is 0 Å². The molecular formula is C28H25N5O20S6. The van der Waals surface area contributed by atoms with Crippen LogP contribution in [0.5, 0.6) is 17.2 Å². The van der Waals surface area contributed by atoms with Crippen LogP contribution in [0.1, 0.15) is 0 Å². The van der Waals surface area contributed by atoms with Crippen LogP contribution in [-0.4, -0.2) is 76.6 Å². The number of methoxy groups -OCH3 is 2. The number of fused-ring (bicyclic) bond motifs is 1. The van der Waals surface area contributed by atoms with Crippen molar-refractivity contribution >= 4 is 106 Å². The fourth-order valence-electron chi connectivity index (χ4n) is 4.37. The van der Waals surface area contributed by atoms with Gasteiger partial charge < -0.3 is 20.3 Å². The van der Waals surface area contributed by atoms with Crippen molar-refractivity contribution in [3.63, 3.8) is 0 Å². The van der Waals surface area contributed by atoms with Gasteiger partial charge in [-0.25, -0.2) is 23.1 Å². The summed E-state index contributed by atoms with van der Waals surface area (Å²) in [5.74, 6) is -1.09. The number of aromatic hydroxyl groups is 1. The largest absolute Gasteiger partial charge is 0.505 e. The number of azo groups is 2. The van der Waals surface area contributed by atoms with Crippen molar-refractivity contribution in [3.8, 4) is 28.6 Å². The van der Waals surface area contributed by atoms with E-state index in [0.29, 0.717) is 29.0 Å². The minimum absolute atomic E-state index is 0.0180. The summed E-state index contributed by atoms with van der Waals surface area (Å²) >= 11 is 1.47. The Hall–Kier alpha value is -4.60. The number of benzene rings is 4. The van der Waals surface area contributed by atoms with Gasteiger partial charge in [-0.15, -0.1) is 29.1 Å². The van der Waals surface area contributed by atoms with Crippen molar-refractivity contribution in [2.45, 2.75) is 19.6 Å². The van der Waals surface area contributed by atoms with Gasteiger partial charge in [-0.3, -0.25) is 14.0 Å². The highest BCUT2D eigenvalue weighted by Gasteiger charge is 2.22. The van der Waals surface area contributed by atoms with Crippen LogP contribution in [0.2, 0.25) is 0 Å². The second-order valence-electron chi connectivity index (χ2n) is 10.3. The first-order valence-corrected chi connectivity index (χ1v) is 21.5. The molecule has 0 atom stereocenters. The summed E-state index contributed by atoms with van der Waals surface area (Å²) in [4.78, 5) is 3.90. The Morgan fingerprint density at radius 2 is 1.39 bits per heavy atom. The first kappa shape index (κ1) is 47.1. The van der Waals surface area contributed by atoms with Gasteiger partial charge >= 0.3 is 20.8 Å². The molecule has 0 saturated heterocycles. The number of hydrogen-bond donors (Lipinski definition) is 6. The average molecular weight is 944 g/mol. The van der Waals surface area contributed by atoms with E-state index in [1.54, 1.807) is 0 Å². The van der Waals surface area contributed by atoms with Crippen molar-refractivity contribution in [1.82, 2.24) is 0 Å². The lowest BCUT2D eigenvalue weighted by atomic mass is 10.1. The van der Waals surface area contributed by atoms with Gasteiger partial charge in [0.1, 0.15) is 34.2 Å². The summed E-state index contributed by atoms with van der Waals surface area (Å²) in [5.41, 5.74) is 5.96. The molecule has 4 aromatic carbocycles. The lowest BCUT2D eigenvalue weighted by Gasteiger charge is -2.13. The number of nitrogens with two attached hydrogens (primary N) is 1. The second-order valence-corrected chi connectivity index (χ2v) is 16.8. The van der Waals surface area contributed by atoms with E-state index in [9.17, 15) is 30.4 Å². The first-order valence-electron chi connectivity index (χ1n) is 14.9. The summed E-state index contributed by atoms with van der Waals surface area (Å²) in [7, 11) is -11.4. The molecule has 7 N–H and O–H groups in total. The third-order valence-electron chi connectivity index (χ3n) is 6.76. The number of phenolic OH excluding ortho intramolecular Hbond substituents is 1. The molecule has 4 rings (SSSR count). The fraction of sp³-hybridized carbons (Fsp3) is 0.143. The van der Waals surface area contributed by atoms with Crippen molar-refractivity contribution in [3.05, 3.63) is 48.5 Å². The monoisotopic (exact) mass is 943 g/mol. The molecule has 0 aromatic heterocycles. The van der Waals surface area contributed by atoms with Crippen LogP contribution in [0, 0.1) is 11.4 Å². The summed E-state index contributed by atoms with van der Waals surface area (Å²) in [5, 5.41) is 55.7. The molecule has 31 heteroatoms. The Bertz CT molecular complexity index is 2640. The van der Waals surface area contributed by atoms with Gasteiger partial charge in [-0.2, -0.15) is 16.8 Å². The second kappa shape index (κ2) is 21.1. The highest BCUT2D eigenvalue weighted by molar-refractivity contribution is 8.04. The summed E-state index contributed by atoms with van der Waals surface area (Å²) in [6.07, 6.45) is 1.89. The van der Waals surface area contributed by atoms with Crippen LogP contribution in [0.3, 0.4) is 0 Å². The van der Waals surface area contributed by atoms with Crippen LogP contribution >= 0.6 is 35.8 Å². The van der Waals surface area contributed by atoms with Gasteiger partial charge in [0.25, 0.3) is 0 Å². The van der Waals surface area contributed by atoms with E-state index in [1.165, 1.54) is 50.6 Å². The highest BCUT2D eigenvalue weighted by Crippen LogP contribution is 2.49. The van der Waals surface area contributed by atoms with Gasteiger partial charge in [-0.05, 0) is 52.5 Å². The SMILES string of the molecule is COc1cc(SC#COOS(=O)(=O)O)c(OC)cc1N=Nc1c(SOOO)cc2c(N=Nc3ccc(S(=O)(=O)CCOS(=O)(=O)O)cc3SOOO)c(N)ccc2c1O. The fourth-order valence-corrected chi connectivity index (χ4v) is 7.63. The smallest absolute Gasteiger partial charge is 0.433 e. The molecule has 0 radical (unpaired) electrons.